The number of amides is 1. The van der Waals surface area contributed by atoms with E-state index in [9.17, 15) is 13.2 Å². The van der Waals surface area contributed by atoms with Crippen molar-refractivity contribution in [3.63, 3.8) is 0 Å². The van der Waals surface area contributed by atoms with E-state index >= 15 is 0 Å². The molecule has 1 atom stereocenters. The molecule has 28 heavy (non-hydrogen) atoms. The first-order valence-electron chi connectivity index (χ1n) is 10.5. The molecule has 0 radical (unpaired) electrons. The molecule has 156 valence electrons. The highest BCUT2D eigenvalue weighted by Gasteiger charge is 2.30. The summed E-state index contributed by atoms with van der Waals surface area (Å²) in [6.07, 6.45) is 3.95. The Labute approximate surface area is 169 Å². The molecule has 1 amide bonds. The minimum absolute atomic E-state index is 0.00634. The summed E-state index contributed by atoms with van der Waals surface area (Å²) in [6.45, 7) is 7.32. The number of nitrogens with one attached hydrogen (secondary N) is 1. The maximum absolute atomic E-state index is 12.6. The smallest absolute Gasteiger partial charge is 0.227 e. The third-order valence-electron chi connectivity index (χ3n) is 5.90. The van der Waals surface area contributed by atoms with Gasteiger partial charge in [-0.3, -0.25) is 4.79 Å². The Hall–Kier alpha value is -1.60. The fraction of sp³-hybridized carbons (Fsp3) is 0.667. The van der Waals surface area contributed by atoms with Crippen LogP contribution in [0.5, 0.6) is 0 Å². The molecular formula is C21H33N3O3S. The van der Waals surface area contributed by atoms with Gasteiger partial charge in [0.2, 0.25) is 15.9 Å². The summed E-state index contributed by atoms with van der Waals surface area (Å²) in [7, 11) is -3.17. The lowest BCUT2D eigenvalue weighted by Crippen LogP contribution is -2.42. The predicted octanol–water partition coefficient (Wildman–Crippen LogP) is 3.31. The van der Waals surface area contributed by atoms with Crippen molar-refractivity contribution >= 4 is 27.3 Å². The lowest BCUT2D eigenvalue weighted by Gasteiger charge is -2.30. The van der Waals surface area contributed by atoms with Crippen LogP contribution in [0.15, 0.2) is 24.3 Å². The van der Waals surface area contributed by atoms with E-state index in [1.807, 2.05) is 19.1 Å². The zero-order valence-corrected chi connectivity index (χ0v) is 17.9. The SMILES string of the molecule is CCCCS(=O)(=O)N1CCC(C(=O)Nc2ccc(N3CCC(C)C3)cc2)CC1. The number of unbranched alkanes of at least 4 members (excludes halogenated alkanes) is 1. The summed E-state index contributed by atoms with van der Waals surface area (Å²) in [5.41, 5.74) is 2.01. The van der Waals surface area contributed by atoms with Crippen molar-refractivity contribution in [1.29, 1.82) is 0 Å². The highest BCUT2D eigenvalue weighted by Crippen LogP contribution is 2.26. The summed E-state index contributed by atoms with van der Waals surface area (Å²) in [6, 6.07) is 8.05. The van der Waals surface area contributed by atoms with E-state index in [2.05, 4.69) is 29.3 Å². The number of carbonyl (C=O) groups excluding carboxylic acids is 1. The molecule has 2 aliphatic heterocycles. The van der Waals surface area contributed by atoms with E-state index in [4.69, 9.17) is 0 Å². The molecule has 0 saturated carbocycles. The number of sulfonamides is 1. The second-order valence-corrected chi connectivity index (χ2v) is 10.3. The predicted molar refractivity (Wildman–Crippen MR) is 114 cm³/mol. The lowest BCUT2D eigenvalue weighted by atomic mass is 9.97. The molecule has 1 N–H and O–H groups in total. The first-order valence-corrected chi connectivity index (χ1v) is 12.1. The quantitative estimate of drug-likeness (QED) is 0.753. The van der Waals surface area contributed by atoms with Gasteiger partial charge in [-0.25, -0.2) is 12.7 Å². The second kappa shape index (κ2) is 9.27. The standard InChI is InChI=1S/C21H33N3O3S/c1-3-4-15-28(26,27)24-13-10-18(11-14-24)21(25)22-19-5-7-20(8-6-19)23-12-9-17(2)16-23/h5-8,17-18H,3-4,9-16H2,1-2H3,(H,22,25). The Morgan fingerprint density at radius 2 is 1.79 bits per heavy atom. The number of anilines is 2. The Morgan fingerprint density at radius 3 is 2.36 bits per heavy atom. The normalized spacial score (nSPS) is 21.8. The molecule has 7 heteroatoms. The van der Waals surface area contributed by atoms with E-state index < -0.39 is 10.0 Å². The molecule has 0 spiro atoms. The van der Waals surface area contributed by atoms with Crippen LogP contribution in [0.25, 0.3) is 0 Å². The van der Waals surface area contributed by atoms with Gasteiger partial charge in [-0.05, 0) is 55.9 Å². The Morgan fingerprint density at radius 1 is 1.11 bits per heavy atom. The largest absolute Gasteiger partial charge is 0.371 e. The second-order valence-electron chi connectivity index (χ2n) is 8.22. The monoisotopic (exact) mass is 407 g/mol. The van der Waals surface area contributed by atoms with Crippen LogP contribution >= 0.6 is 0 Å². The Kier molecular flexibility index (Phi) is 6.99. The number of hydrogen-bond donors (Lipinski definition) is 1. The van der Waals surface area contributed by atoms with Crippen molar-refractivity contribution < 1.29 is 13.2 Å². The van der Waals surface area contributed by atoms with Crippen LogP contribution in [-0.4, -0.2) is 50.6 Å². The van der Waals surface area contributed by atoms with E-state index in [0.717, 1.165) is 31.1 Å². The highest BCUT2D eigenvalue weighted by molar-refractivity contribution is 7.89. The molecule has 0 aliphatic carbocycles. The average molecular weight is 408 g/mol. The van der Waals surface area contributed by atoms with Gasteiger partial charge in [-0.15, -0.1) is 0 Å². The van der Waals surface area contributed by atoms with Gasteiger partial charge in [0.1, 0.15) is 0 Å². The van der Waals surface area contributed by atoms with Crippen LogP contribution in [-0.2, 0) is 14.8 Å². The zero-order valence-electron chi connectivity index (χ0n) is 17.1. The number of benzene rings is 1. The van der Waals surface area contributed by atoms with Gasteiger partial charge in [-0.1, -0.05) is 20.3 Å². The molecule has 1 unspecified atom stereocenters. The van der Waals surface area contributed by atoms with Gasteiger partial charge in [0.25, 0.3) is 0 Å². The van der Waals surface area contributed by atoms with Gasteiger partial charge in [0, 0.05) is 43.5 Å². The topological polar surface area (TPSA) is 69.7 Å². The first kappa shape index (κ1) is 21.1. The Balaban J connectivity index is 1.49. The molecule has 3 rings (SSSR count). The molecule has 2 saturated heterocycles. The Bertz CT molecular complexity index is 756. The van der Waals surface area contributed by atoms with Gasteiger partial charge in [-0.2, -0.15) is 0 Å². The average Bonchev–Trinajstić information content (AvgIpc) is 3.13. The zero-order chi connectivity index (χ0) is 20.1. The molecule has 1 aromatic carbocycles. The number of rotatable bonds is 7. The maximum atomic E-state index is 12.6. The van der Waals surface area contributed by atoms with Crippen molar-refractivity contribution in [1.82, 2.24) is 4.31 Å². The summed E-state index contributed by atoms with van der Waals surface area (Å²) in [5, 5.41) is 3.00. The molecule has 2 heterocycles. The molecule has 0 bridgehead atoms. The van der Waals surface area contributed by atoms with Crippen LogP contribution < -0.4 is 10.2 Å². The van der Waals surface area contributed by atoms with E-state index in [0.29, 0.717) is 32.4 Å². The molecule has 0 aromatic heterocycles. The summed E-state index contributed by atoms with van der Waals surface area (Å²) >= 11 is 0. The number of piperidine rings is 1. The third-order valence-corrected chi connectivity index (χ3v) is 7.85. The van der Waals surface area contributed by atoms with Crippen molar-refractivity contribution in [3.8, 4) is 0 Å². The number of carbonyl (C=O) groups is 1. The molecular weight excluding hydrogens is 374 g/mol. The van der Waals surface area contributed by atoms with E-state index in [-0.39, 0.29) is 17.6 Å². The van der Waals surface area contributed by atoms with Gasteiger partial charge in [0.15, 0.2) is 0 Å². The fourth-order valence-electron chi connectivity index (χ4n) is 4.02. The highest BCUT2D eigenvalue weighted by atomic mass is 32.2. The third kappa shape index (κ3) is 5.26. The van der Waals surface area contributed by atoms with Crippen molar-refractivity contribution in [2.24, 2.45) is 11.8 Å². The van der Waals surface area contributed by atoms with Crippen molar-refractivity contribution in [2.45, 2.75) is 46.0 Å². The van der Waals surface area contributed by atoms with Gasteiger partial charge >= 0.3 is 0 Å². The lowest BCUT2D eigenvalue weighted by molar-refractivity contribution is -0.120. The maximum Gasteiger partial charge on any atom is 0.227 e. The first-order chi connectivity index (χ1) is 13.4. The van der Waals surface area contributed by atoms with Crippen molar-refractivity contribution in [2.75, 3.05) is 42.1 Å². The molecule has 2 fully saturated rings. The molecule has 1 aromatic rings. The van der Waals surface area contributed by atoms with Gasteiger partial charge < -0.3 is 10.2 Å². The van der Waals surface area contributed by atoms with Crippen molar-refractivity contribution in [3.05, 3.63) is 24.3 Å². The number of hydrogen-bond acceptors (Lipinski definition) is 4. The summed E-state index contributed by atoms with van der Waals surface area (Å²) in [5.74, 6) is 0.809. The summed E-state index contributed by atoms with van der Waals surface area (Å²) in [4.78, 5) is 15.0. The van der Waals surface area contributed by atoms with Crippen LogP contribution in [0, 0.1) is 11.8 Å². The van der Waals surface area contributed by atoms with E-state index in [1.54, 1.807) is 4.31 Å². The van der Waals surface area contributed by atoms with Gasteiger partial charge in [0.05, 0.1) is 5.75 Å². The minimum atomic E-state index is -3.17. The van der Waals surface area contributed by atoms with Crippen LogP contribution in [0.2, 0.25) is 0 Å². The molecule has 2 aliphatic rings. The molecule has 6 nitrogen and oxygen atoms in total. The van der Waals surface area contributed by atoms with Crippen LogP contribution in [0.4, 0.5) is 11.4 Å². The van der Waals surface area contributed by atoms with Crippen LogP contribution in [0.3, 0.4) is 0 Å². The fourth-order valence-corrected chi connectivity index (χ4v) is 5.70. The number of nitrogens with zero attached hydrogens (tertiary/aromatic N) is 2. The minimum Gasteiger partial charge on any atom is -0.371 e. The summed E-state index contributed by atoms with van der Waals surface area (Å²) < 4.78 is 26.1. The van der Waals surface area contributed by atoms with E-state index in [1.165, 1.54) is 12.1 Å². The van der Waals surface area contributed by atoms with Crippen LogP contribution in [0.1, 0.15) is 46.0 Å².